The molecular weight excluding hydrogens is 200 g/mol. The van der Waals surface area contributed by atoms with Crippen molar-refractivity contribution in [1.82, 2.24) is 0 Å². The zero-order chi connectivity index (χ0) is 10.4. The monoisotopic (exact) mass is 214 g/mol. The first-order valence-corrected chi connectivity index (χ1v) is 4.94. The summed E-state index contributed by atoms with van der Waals surface area (Å²) in [5.41, 5.74) is 11.0. The number of hydrogen-bond acceptors (Lipinski definition) is 3. The Morgan fingerprint density at radius 3 is 2.50 bits per heavy atom. The Hall–Kier alpha value is -0.770. The van der Waals surface area contributed by atoms with Gasteiger partial charge in [0, 0.05) is 17.6 Å². The Morgan fingerprint density at radius 1 is 1.29 bits per heavy atom. The molecular formula is C10H15ClN2O. The molecule has 4 N–H and O–H groups in total. The van der Waals surface area contributed by atoms with Crippen molar-refractivity contribution in [3.8, 4) is 5.75 Å². The predicted octanol–water partition coefficient (Wildman–Crippen LogP) is 1.39. The minimum Gasteiger partial charge on any atom is -0.494 e. The molecule has 0 spiro atoms. The molecule has 0 heterocycles. The first-order valence-electron chi connectivity index (χ1n) is 4.56. The molecule has 0 fully saturated rings. The van der Waals surface area contributed by atoms with Crippen LogP contribution in [-0.2, 0) is 0 Å². The SMILES string of the molecule is NCC(N)CCOc1ccc(Cl)cc1. The van der Waals surface area contributed by atoms with Crippen molar-refractivity contribution in [2.24, 2.45) is 11.5 Å². The Morgan fingerprint density at radius 2 is 1.93 bits per heavy atom. The van der Waals surface area contributed by atoms with Crippen molar-refractivity contribution in [2.45, 2.75) is 12.5 Å². The van der Waals surface area contributed by atoms with Crippen LogP contribution in [0.5, 0.6) is 5.75 Å². The third-order valence-electron chi connectivity index (χ3n) is 1.87. The summed E-state index contributed by atoms with van der Waals surface area (Å²) in [7, 11) is 0. The summed E-state index contributed by atoms with van der Waals surface area (Å²) in [5.74, 6) is 0.804. The van der Waals surface area contributed by atoms with E-state index in [0.717, 1.165) is 12.2 Å². The Kier molecular flexibility index (Phi) is 4.73. The third kappa shape index (κ3) is 3.96. The van der Waals surface area contributed by atoms with E-state index in [9.17, 15) is 0 Å². The van der Waals surface area contributed by atoms with Crippen molar-refractivity contribution in [2.75, 3.05) is 13.2 Å². The molecule has 1 rings (SSSR count). The Labute approximate surface area is 89.0 Å². The highest BCUT2D eigenvalue weighted by atomic mass is 35.5. The lowest BCUT2D eigenvalue weighted by atomic mass is 10.2. The molecule has 0 aromatic heterocycles. The van der Waals surface area contributed by atoms with Crippen LogP contribution in [-0.4, -0.2) is 19.2 Å². The summed E-state index contributed by atoms with van der Waals surface area (Å²) < 4.78 is 5.44. The van der Waals surface area contributed by atoms with Gasteiger partial charge in [0.25, 0.3) is 0 Å². The molecule has 4 heteroatoms. The van der Waals surface area contributed by atoms with Crippen molar-refractivity contribution in [3.05, 3.63) is 29.3 Å². The highest BCUT2D eigenvalue weighted by molar-refractivity contribution is 6.30. The minimum atomic E-state index is 0.0160. The molecule has 0 aliphatic carbocycles. The van der Waals surface area contributed by atoms with Crippen LogP contribution in [0.15, 0.2) is 24.3 Å². The van der Waals surface area contributed by atoms with Crippen LogP contribution in [0.25, 0.3) is 0 Å². The van der Waals surface area contributed by atoms with Gasteiger partial charge in [-0.1, -0.05) is 11.6 Å². The number of nitrogens with two attached hydrogens (primary N) is 2. The molecule has 0 radical (unpaired) electrons. The molecule has 0 bridgehead atoms. The molecule has 1 aromatic rings. The maximum Gasteiger partial charge on any atom is 0.119 e. The maximum atomic E-state index is 5.73. The lowest BCUT2D eigenvalue weighted by Crippen LogP contribution is -2.31. The fraction of sp³-hybridized carbons (Fsp3) is 0.400. The highest BCUT2D eigenvalue weighted by Gasteiger charge is 1.99. The van der Waals surface area contributed by atoms with Gasteiger partial charge in [-0.15, -0.1) is 0 Å². The molecule has 0 aliphatic rings. The van der Waals surface area contributed by atoms with Gasteiger partial charge in [-0.05, 0) is 30.7 Å². The number of halogens is 1. The van der Waals surface area contributed by atoms with Gasteiger partial charge in [0.05, 0.1) is 6.61 Å². The van der Waals surface area contributed by atoms with Gasteiger partial charge in [-0.2, -0.15) is 0 Å². The van der Waals surface area contributed by atoms with Crippen LogP contribution in [0, 0.1) is 0 Å². The number of benzene rings is 1. The average Bonchev–Trinajstić information content (AvgIpc) is 2.21. The quantitative estimate of drug-likeness (QED) is 0.779. The molecule has 1 unspecified atom stereocenters. The van der Waals surface area contributed by atoms with Gasteiger partial charge in [0.2, 0.25) is 0 Å². The molecule has 0 saturated heterocycles. The van der Waals surface area contributed by atoms with Gasteiger partial charge in [-0.3, -0.25) is 0 Å². The molecule has 78 valence electrons. The van der Waals surface area contributed by atoms with E-state index in [-0.39, 0.29) is 6.04 Å². The first-order chi connectivity index (χ1) is 6.72. The van der Waals surface area contributed by atoms with Crippen molar-refractivity contribution < 1.29 is 4.74 Å². The highest BCUT2D eigenvalue weighted by Crippen LogP contribution is 2.15. The number of ether oxygens (including phenoxy) is 1. The van der Waals surface area contributed by atoms with Crippen LogP contribution in [0.3, 0.4) is 0 Å². The molecule has 14 heavy (non-hydrogen) atoms. The van der Waals surface area contributed by atoms with Gasteiger partial charge < -0.3 is 16.2 Å². The second-order valence-electron chi connectivity index (χ2n) is 3.09. The van der Waals surface area contributed by atoms with Crippen LogP contribution in [0.4, 0.5) is 0 Å². The molecule has 0 amide bonds. The topological polar surface area (TPSA) is 61.3 Å². The van der Waals surface area contributed by atoms with Crippen molar-refractivity contribution in [1.29, 1.82) is 0 Å². The second kappa shape index (κ2) is 5.86. The molecule has 1 atom stereocenters. The minimum absolute atomic E-state index is 0.0160. The smallest absolute Gasteiger partial charge is 0.119 e. The standard InChI is InChI=1S/C10H15ClN2O/c11-8-1-3-10(4-2-8)14-6-5-9(13)7-12/h1-4,9H,5-7,12-13H2. The number of rotatable bonds is 5. The van der Waals surface area contributed by atoms with E-state index in [1.807, 2.05) is 12.1 Å². The Bertz CT molecular complexity index is 263. The van der Waals surface area contributed by atoms with Crippen LogP contribution >= 0.6 is 11.6 Å². The summed E-state index contributed by atoms with van der Waals surface area (Å²) in [4.78, 5) is 0. The lowest BCUT2D eigenvalue weighted by molar-refractivity contribution is 0.298. The van der Waals surface area contributed by atoms with Crippen LogP contribution in [0.1, 0.15) is 6.42 Å². The fourth-order valence-corrected chi connectivity index (χ4v) is 1.10. The lowest BCUT2D eigenvalue weighted by Gasteiger charge is -2.09. The van der Waals surface area contributed by atoms with E-state index in [1.165, 1.54) is 0 Å². The maximum absolute atomic E-state index is 5.73. The second-order valence-corrected chi connectivity index (χ2v) is 3.52. The van der Waals surface area contributed by atoms with Gasteiger partial charge in [0.15, 0.2) is 0 Å². The first kappa shape index (κ1) is 11.3. The molecule has 1 aromatic carbocycles. The summed E-state index contributed by atoms with van der Waals surface area (Å²) in [6.07, 6.45) is 0.763. The fourth-order valence-electron chi connectivity index (χ4n) is 0.977. The van der Waals surface area contributed by atoms with E-state index in [0.29, 0.717) is 18.2 Å². The van der Waals surface area contributed by atoms with Gasteiger partial charge in [0.1, 0.15) is 5.75 Å². The molecule has 0 saturated carbocycles. The average molecular weight is 215 g/mol. The van der Waals surface area contributed by atoms with Gasteiger partial charge in [-0.25, -0.2) is 0 Å². The van der Waals surface area contributed by atoms with Gasteiger partial charge >= 0.3 is 0 Å². The zero-order valence-corrected chi connectivity index (χ0v) is 8.70. The van der Waals surface area contributed by atoms with E-state index in [2.05, 4.69) is 0 Å². The zero-order valence-electron chi connectivity index (χ0n) is 7.95. The van der Waals surface area contributed by atoms with E-state index < -0.39 is 0 Å². The predicted molar refractivity (Wildman–Crippen MR) is 58.6 cm³/mol. The van der Waals surface area contributed by atoms with E-state index in [1.54, 1.807) is 12.1 Å². The van der Waals surface area contributed by atoms with Crippen molar-refractivity contribution >= 4 is 11.6 Å². The van der Waals surface area contributed by atoms with E-state index >= 15 is 0 Å². The van der Waals surface area contributed by atoms with E-state index in [4.69, 9.17) is 27.8 Å². The molecule has 3 nitrogen and oxygen atoms in total. The Balaban J connectivity index is 2.28. The molecule has 0 aliphatic heterocycles. The third-order valence-corrected chi connectivity index (χ3v) is 2.13. The van der Waals surface area contributed by atoms with Crippen molar-refractivity contribution in [3.63, 3.8) is 0 Å². The summed E-state index contributed by atoms with van der Waals surface area (Å²) in [6, 6.07) is 7.26. The largest absolute Gasteiger partial charge is 0.494 e. The number of hydrogen-bond donors (Lipinski definition) is 2. The summed E-state index contributed by atoms with van der Waals surface area (Å²) >= 11 is 5.73. The van der Waals surface area contributed by atoms with Crippen LogP contribution in [0.2, 0.25) is 5.02 Å². The normalized spacial score (nSPS) is 12.5. The summed E-state index contributed by atoms with van der Waals surface area (Å²) in [6.45, 7) is 1.07. The van der Waals surface area contributed by atoms with Crippen LogP contribution < -0.4 is 16.2 Å². The summed E-state index contributed by atoms with van der Waals surface area (Å²) in [5, 5.41) is 0.705.